The third-order valence-electron chi connectivity index (χ3n) is 5.58. The predicted molar refractivity (Wildman–Crippen MR) is 91.6 cm³/mol. The fourth-order valence-corrected chi connectivity index (χ4v) is 4.00. The van der Waals surface area contributed by atoms with Crippen LogP contribution >= 0.6 is 0 Å². The molecule has 2 amide bonds. The molecule has 1 aromatic rings. The molecule has 1 heterocycles. The quantitative estimate of drug-likeness (QED) is 0.901. The van der Waals surface area contributed by atoms with E-state index in [9.17, 15) is 9.90 Å². The van der Waals surface area contributed by atoms with Gasteiger partial charge in [0.2, 0.25) is 0 Å². The van der Waals surface area contributed by atoms with E-state index in [0.29, 0.717) is 19.0 Å². The maximum Gasteiger partial charge on any atom is 0.317 e. The van der Waals surface area contributed by atoms with Crippen LogP contribution in [-0.2, 0) is 5.41 Å². The minimum absolute atomic E-state index is 0.0169. The number of nitrogens with zero attached hydrogens (tertiary/aromatic N) is 1. The molecule has 126 valence electrons. The predicted octanol–water partition coefficient (Wildman–Crippen LogP) is 2.87. The van der Waals surface area contributed by atoms with Gasteiger partial charge in [0.1, 0.15) is 0 Å². The topological polar surface area (TPSA) is 52.6 Å². The zero-order chi connectivity index (χ0) is 16.4. The first-order chi connectivity index (χ1) is 11.0. The normalized spacial score (nSPS) is 26.0. The van der Waals surface area contributed by atoms with E-state index in [1.807, 2.05) is 4.90 Å². The minimum atomic E-state index is 0.0169. The first-order valence-corrected chi connectivity index (χ1v) is 8.74. The van der Waals surface area contributed by atoms with Gasteiger partial charge in [-0.15, -0.1) is 0 Å². The van der Waals surface area contributed by atoms with Crippen molar-refractivity contribution in [3.8, 4) is 0 Å². The summed E-state index contributed by atoms with van der Waals surface area (Å²) in [7, 11) is 0. The van der Waals surface area contributed by atoms with Gasteiger partial charge in [0.05, 0.1) is 0 Å². The van der Waals surface area contributed by atoms with Crippen molar-refractivity contribution in [1.29, 1.82) is 0 Å². The Kier molecular flexibility index (Phi) is 4.62. The van der Waals surface area contributed by atoms with Crippen molar-refractivity contribution in [3.63, 3.8) is 0 Å². The Morgan fingerprint density at radius 2 is 2.13 bits per heavy atom. The smallest absolute Gasteiger partial charge is 0.317 e. The second-order valence-corrected chi connectivity index (χ2v) is 7.68. The van der Waals surface area contributed by atoms with Crippen LogP contribution in [0.3, 0.4) is 0 Å². The van der Waals surface area contributed by atoms with E-state index in [2.05, 4.69) is 43.4 Å². The van der Waals surface area contributed by atoms with Crippen molar-refractivity contribution in [3.05, 3.63) is 35.4 Å². The van der Waals surface area contributed by atoms with Gasteiger partial charge in [0, 0.05) is 38.1 Å². The maximum atomic E-state index is 12.3. The molecule has 1 aliphatic heterocycles. The van der Waals surface area contributed by atoms with Gasteiger partial charge in [0.25, 0.3) is 0 Å². The second kappa shape index (κ2) is 6.52. The van der Waals surface area contributed by atoms with Gasteiger partial charge in [-0.2, -0.15) is 0 Å². The number of urea groups is 1. The number of carbonyl (C=O) groups is 1. The molecule has 4 heteroatoms. The molecule has 2 N–H and O–H groups in total. The van der Waals surface area contributed by atoms with E-state index >= 15 is 0 Å². The Morgan fingerprint density at radius 1 is 1.35 bits per heavy atom. The summed E-state index contributed by atoms with van der Waals surface area (Å²) >= 11 is 0. The van der Waals surface area contributed by atoms with Crippen molar-refractivity contribution < 1.29 is 9.90 Å². The molecule has 0 radical (unpaired) electrons. The Morgan fingerprint density at radius 3 is 2.87 bits per heavy atom. The third-order valence-corrected chi connectivity index (χ3v) is 5.58. The van der Waals surface area contributed by atoms with E-state index in [4.69, 9.17) is 0 Å². The number of rotatable bonds is 3. The standard InChI is InChI=1S/C19H28N2O2/c1-19(2)9-7-15(16-5-3-4-6-17(16)19)11-20-18(23)21-10-8-14(12-21)13-22/h3-6,14-15,22H,7-13H2,1-2H3,(H,20,23). The highest BCUT2D eigenvalue weighted by atomic mass is 16.3. The lowest BCUT2D eigenvalue weighted by molar-refractivity contribution is 0.197. The summed E-state index contributed by atoms with van der Waals surface area (Å²) < 4.78 is 0. The number of aliphatic hydroxyl groups is 1. The average molecular weight is 316 g/mol. The largest absolute Gasteiger partial charge is 0.396 e. The van der Waals surface area contributed by atoms with Crippen LogP contribution in [0.1, 0.15) is 50.2 Å². The van der Waals surface area contributed by atoms with E-state index < -0.39 is 0 Å². The van der Waals surface area contributed by atoms with Crippen LogP contribution in [0, 0.1) is 5.92 Å². The van der Waals surface area contributed by atoms with Gasteiger partial charge in [-0.3, -0.25) is 0 Å². The molecule has 23 heavy (non-hydrogen) atoms. The average Bonchev–Trinajstić information content (AvgIpc) is 3.03. The molecule has 1 fully saturated rings. The number of likely N-dealkylation sites (tertiary alicyclic amines) is 1. The lowest BCUT2D eigenvalue weighted by Gasteiger charge is -2.37. The molecule has 1 aliphatic carbocycles. The summed E-state index contributed by atoms with van der Waals surface area (Å²) in [5.41, 5.74) is 3.03. The summed E-state index contributed by atoms with van der Waals surface area (Å²) in [4.78, 5) is 14.2. The molecule has 0 spiro atoms. The van der Waals surface area contributed by atoms with Crippen LogP contribution in [-0.4, -0.2) is 42.3 Å². The number of hydrogen-bond acceptors (Lipinski definition) is 2. The molecule has 1 saturated heterocycles. The summed E-state index contributed by atoms with van der Waals surface area (Å²) in [6.07, 6.45) is 3.18. The SMILES string of the molecule is CC1(C)CCC(CNC(=O)N2CCC(CO)C2)c2ccccc21. The van der Waals surface area contributed by atoms with Gasteiger partial charge >= 0.3 is 6.03 Å². The van der Waals surface area contributed by atoms with Crippen molar-refractivity contribution in [1.82, 2.24) is 10.2 Å². The number of amides is 2. The van der Waals surface area contributed by atoms with Crippen molar-refractivity contribution in [2.75, 3.05) is 26.2 Å². The van der Waals surface area contributed by atoms with Crippen molar-refractivity contribution in [2.24, 2.45) is 5.92 Å². The summed E-state index contributed by atoms with van der Waals surface area (Å²) in [6.45, 7) is 6.92. The fourth-order valence-electron chi connectivity index (χ4n) is 4.00. The van der Waals surface area contributed by atoms with Crippen molar-refractivity contribution >= 4 is 6.03 Å². The van der Waals surface area contributed by atoms with Gasteiger partial charge in [-0.25, -0.2) is 4.79 Å². The van der Waals surface area contributed by atoms with E-state index in [1.54, 1.807) is 0 Å². The van der Waals surface area contributed by atoms with Crippen LogP contribution in [0.4, 0.5) is 4.79 Å². The fraction of sp³-hybridized carbons (Fsp3) is 0.632. The lowest BCUT2D eigenvalue weighted by Crippen LogP contribution is -2.41. The van der Waals surface area contributed by atoms with E-state index in [0.717, 1.165) is 25.8 Å². The molecule has 1 aromatic carbocycles. The number of carbonyl (C=O) groups excluding carboxylic acids is 1. The summed E-state index contributed by atoms with van der Waals surface area (Å²) in [5.74, 6) is 0.649. The third kappa shape index (κ3) is 3.37. The molecule has 0 saturated carbocycles. The van der Waals surface area contributed by atoms with Crippen LogP contribution in [0.5, 0.6) is 0 Å². The second-order valence-electron chi connectivity index (χ2n) is 7.68. The molecule has 0 bridgehead atoms. The van der Waals surface area contributed by atoms with Gasteiger partial charge < -0.3 is 15.3 Å². The van der Waals surface area contributed by atoms with Crippen LogP contribution in [0.15, 0.2) is 24.3 Å². The van der Waals surface area contributed by atoms with E-state index in [1.165, 1.54) is 11.1 Å². The molecular formula is C19H28N2O2. The van der Waals surface area contributed by atoms with Crippen LogP contribution < -0.4 is 5.32 Å². The molecule has 3 rings (SSSR count). The highest BCUT2D eigenvalue weighted by molar-refractivity contribution is 5.74. The first-order valence-electron chi connectivity index (χ1n) is 8.74. The van der Waals surface area contributed by atoms with Crippen LogP contribution in [0.25, 0.3) is 0 Å². The van der Waals surface area contributed by atoms with Gasteiger partial charge in [0.15, 0.2) is 0 Å². The Labute approximate surface area is 138 Å². The number of aliphatic hydroxyl groups excluding tert-OH is 1. The van der Waals surface area contributed by atoms with Gasteiger partial charge in [-0.05, 0) is 35.8 Å². The molecule has 4 nitrogen and oxygen atoms in total. The Bertz CT molecular complexity index is 570. The monoisotopic (exact) mass is 316 g/mol. The van der Waals surface area contributed by atoms with Crippen LogP contribution in [0.2, 0.25) is 0 Å². The molecule has 2 unspecified atom stereocenters. The molecular weight excluding hydrogens is 288 g/mol. The van der Waals surface area contributed by atoms with Gasteiger partial charge in [-0.1, -0.05) is 38.1 Å². The molecule has 2 atom stereocenters. The highest BCUT2D eigenvalue weighted by Gasteiger charge is 2.33. The zero-order valence-corrected chi connectivity index (χ0v) is 14.2. The molecule has 2 aliphatic rings. The number of benzene rings is 1. The van der Waals surface area contributed by atoms with E-state index in [-0.39, 0.29) is 24.0 Å². The minimum Gasteiger partial charge on any atom is -0.396 e. The molecule has 0 aromatic heterocycles. The summed E-state index contributed by atoms with van der Waals surface area (Å²) in [5, 5.41) is 12.3. The maximum absolute atomic E-state index is 12.3. The Hall–Kier alpha value is -1.55. The Balaban J connectivity index is 1.62. The lowest BCUT2D eigenvalue weighted by atomic mass is 9.69. The number of nitrogens with one attached hydrogen (secondary N) is 1. The number of fused-ring (bicyclic) bond motifs is 1. The van der Waals surface area contributed by atoms with Crippen molar-refractivity contribution in [2.45, 2.75) is 44.4 Å². The first kappa shape index (κ1) is 16.3. The number of hydrogen-bond donors (Lipinski definition) is 2. The zero-order valence-electron chi connectivity index (χ0n) is 14.2. The highest BCUT2D eigenvalue weighted by Crippen LogP contribution is 2.42. The summed E-state index contributed by atoms with van der Waals surface area (Å²) in [6, 6.07) is 8.67.